The van der Waals surface area contributed by atoms with Gasteiger partial charge in [0, 0.05) is 5.56 Å². The van der Waals surface area contributed by atoms with Crippen molar-refractivity contribution in [3.05, 3.63) is 94.5 Å². The van der Waals surface area contributed by atoms with Crippen LogP contribution in [0.25, 0.3) is 0 Å². The van der Waals surface area contributed by atoms with E-state index in [1.165, 1.54) is 19.4 Å². The highest BCUT2D eigenvalue weighted by molar-refractivity contribution is 6.33. The number of methoxy groups -OCH3 is 1. The lowest BCUT2D eigenvalue weighted by Crippen LogP contribution is -2.34. The van der Waals surface area contributed by atoms with Crippen molar-refractivity contribution in [2.45, 2.75) is 0 Å². The fourth-order valence-corrected chi connectivity index (χ4v) is 2.91. The van der Waals surface area contributed by atoms with E-state index in [-0.39, 0.29) is 28.8 Å². The van der Waals surface area contributed by atoms with Gasteiger partial charge in [0.05, 0.1) is 30.5 Å². The van der Waals surface area contributed by atoms with Crippen molar-refractivity contribution in [2.24, 2.45) is 5.10 Å². The second-order valence-electron chi connectivity index (χ2n) is 6.62. The Kier molecular flexibility index (Phi) is 8.15. The number of ether oxygens (including phenoxy) is 2. The third-order valence-electron chi connectivity index (χ3n) is 4.33. The molecule has 8 nitrogen and oxygen atoms in total. The number of hydrogen-bond acceptors (Lipinski definition) is 6. The van der Waals surface area contributed by atoms with Crippen LogP contribution in [-0.4, -0.2) is 37.7 Å². The number of nitrogens with one attached hydrogen (secondary N) is 2. The second-order valence-corrected chi connectivity index (χ2v) is 7.03. The van der Waals surface area contributed by atoms with Gasteiger partial charge in [0.15, 0.2) is 11.5 Å². The molecule has 3 rings (SSSR count). The first-order valence-electron chi connectivity index (χ1n) is 9.78. The van der Waals surface area contributed by atoms with Crippen LogP contribution in [0, 0.1) is 0 Å². The van der Waals surface area contributed by atoms with Gasteiger partial charge in [-0.25, -0.2) is 10.2 Å². The highest BCUT2D eigenvalue weighted by Crippen LogP contribution is 2.29. The van der Waals surface area contributed by atoms with Gasteiger partial charge >= 0.3 is 5.97 Å². The van der Waals surface area contributed by atoms with E-state index in [1.807, 2.05) is 0 Å². The van der Waals surface area contributed by atoms with Crippen LogP contribution in [-0.2, 0) is 4.79 Å². The van der Waals surface area contributed by atoms with E-state index in [0.717, 1.165) is 0 Å². The number of amides is 2. The summed E-state index contributed by atoms with van der Waals surface area (Å²) in [6, 6.07) is 19.9. The number of esters is 1. The van der Waals surface area contributed by atoms with E-state index in [9.17, 15) is 14.4 Å². The second kappa shape index (κ2) is 11.4. The molecule has 33 heavy (non-hydrogen) atoms. The molecule has 0 heterocycles. The number of nitrogens with zero attached hydrogens (tertiary/aromatic N) is 1. The molecule has 0 unspecified atom stereocenters. The number of rotatable bonds is 8. The average molecular weight is 466 g/mol. The lowest BCUT2D eigenvalue weighted by Gasteiger charge is -2.10. The zero-order chi connectivity index (χ0) is 23.6. The molecule has 0 saturated carbocycles. The summed E-state index contributed by atoms with van der Waals surface area (Å²) in [4.78, 5) is 36.2. The first-order valence-corrected chi connectivity index (χ1v) is 10.2. The summed E-state index contributed by atoms with van der Waals surface area (Å²) in [7, 11) is 1.43. The minimum Gasteiger partial charge on any atom is -0.493 e. The zero-order valence-corrected chi connectivity index (χ0v) is 18.3. The zero-order valence-electron chi connectivity index (χ0n) is 17.6. The molecule has 0 aliphatic carbocycles. The third-order valence-corrected chi connectivity index (χ3v) is 4.66. The van der Waals surface area contributed by atoms with Gasteiger partial charge in [0.1, 0.15) is 0 Å². The van der Waals surface area contributed by atoms with Crippen LogP contribution in [0.5, 0.6) is 11.5 Å². The number of carbonyl (C=O) groups excluding carboxylic acids is 3. The molecule has 2 amide bonds. The molecule has 0 aliphatic rings. The number of hydrogen-bond donors (Lipinski definition) is 2. The van der Waals surface area contributed by atoms with E-state index in [1.54, 1.807) is 66.7 Å². The Balaban J connectivity index is 1.55. The summed E-state index contributed by atoms with van der Waals surface area (Å²) < 4.78 is 10.7. The quantitative estimate of drug-likeness (QED) is 0.229. The van der Waals surface area contributed by atoms with Gasteiger partial charge < -0.3 is 14.8 Å². The van der Waals surface area contributed by atoms with Crippen molar-refractivity contribution in [3.63, 3.8) is 0 Å². The van der Waals surface area contributed by atoms with Gasteiger partial charge in [-0.05, 0) is 48.0 Å². The van der Waals surface area contributed by atoms with Gasteiger partial charge in [0.25, 0.3) is 11.8 Å². The maximum atomic E-state index is 12.4. The number of halogens is 1. The molecule has 0 bridgehead atoms. The van der Waals surface area contributed by atoms with Gasteiger partial charge in [-0.3, -0.25) is 9.59 Å². The van der Waals surface area contributed by atoms with Crippen LogP contribution < -0.4 is 20.2 Å². The van der Waals surface area contributed by atoms with Crippen LogP contribution in [0.15, 0.2) is 77.9 Å². The molecule has 0 aromatic heterocycles. The molecule has 0 saturated heterocycles. The smallest absolute Gasteiger partial charge is 0.345 e. The molecule has 0 aliphatic heterocycles. The molecule has 3 aromatic rings. The van der Waals surface area contributed by atoms with Crippen molar-refractivity contribution in [2.75, 3.05) is 13.7 Å². The maximum Gasteiger partial charge on any atom is 0.345 e. The minimum absolute atomic E-state index is 0.201. The van der Waals surface area contributed by atoms with E-state index in [4.69, 9.17) is 21.1 Å². The molecule has 2 N–H and O–H groups in total. The van der Waals surface area contributed by atoms with Crippen molar-refractivity contribution in [3.8, 4) is 11.5 Å². The number of benzene rings is 3. The fraction of sp³-hybridized carbons (Fsp3) is 0.0833. The minimum atomic E-state index is -0.620. The summed E-state index contributed by atoms with van der Waals surface area (Å²) in [6.45, 7) is -0.231. The van der Waals surface area contributed by atoms with E-state index < -0.39 is 11.9 Å². The monoisotopic (exact) mass is 465 g/mol. The molecular formula is C24H20ClN3O5. The number of hydrazone groups is 1. The van der Waals surface area contributed by atoms with Crippen LogP contribution >= 0.6 is 11.6 Å². The number of carbonyl (C=O) groups is 3. The predicted octanol–water partition coefficient (Wildman–Crippen LogP) is 3.45. The van der Waals surface area contributed by atoms with Gasteiger partial charge in [-0.2, -0.15) is 5.10 Å². The van der Waals surface area contributed by atoms with E-state index in [0.29, 0.717) is 16.9 Å². The van der Waals surface area contributed by atoms with Gasteiger partial charge in [0.2, 0.25) is 0 Å². The summed E-state index contributed by atoms with van der Waals surface area (Å²) >= 11 is 6.03. The van der Waals surface area contributed by atoms with E-state index >= 15 is 0 Å². The van der Waals surface area contributed by atoms with Crippen molar-refractivity contribution in [1.29, 1.82) is 0 Å². The molecule has 3 aromatic carbocycles. The molecule has 9 heteroatoms. The first-order chi connectivity index (χ1) is 16.0. The molecule has 0 atom stereocenters. The Bertz CT molecular complexity index is 1180. The maximum absolute atomic E-state index is 12.4. The molecule has 0 radical (unpaired) electrons. The molecule has 0 spiro atoms. The fourth-order valence-electron chi connectivity index (χ4n) is 2.70. The largest absolute Gasteiger partial charge is 0.493 e. The Hall–Kier alpha value is -4.17. The van der Waals surface area contributed by atoms with Crippen LogP contribution in [0.3, 0.4) is 0 Å². The summed E-state index contributed by atoms with van der Waals surface area (Å²) in [5.74, 6) is -0.979. The summed E-state index contributed by atoms with van der Waals surface area (Å²) in [6.07, 6.45) is 1.39. The molecular weight excluding hydrogens is 446 g/mol. The highest BCUT2D eigenvalue weighted by Gasteiger charge is 2.15. The third kappa shape index (κ3) is 6.65. The SMILES string of the molecule is COc1cc(C=NNC(=O)CNC(=O)c2ccccc2)ccc1OC(=O)c1ccccc1Cl. The summed E-state index contributed by atoms with van der Waals surface area (Å²) in [5.41, 5.74) is 3.59. The Morgan fingerprint density at radius 2 is 1.70 bits per heavy atom. The average Bonchev–Trinajstić information content (AvgIpc) is 2.84. The standard InChI is InChI=1S/C24H20ClN3O5/c1-32-21-13-16(11-12-20(21)33-24(31)18-9-5-6-10-19(18)25)14-27-28-22(29)15-26-23(30)17-7-3-2-4-8-17/h2-14H,15H2,1H3,(H,26,30)(H,28,29). The van der Waals surface area contributed by atoms with Crippen molar-refractivity contribution >= 4 is 35.6 Å². The van der Waals surface area contributed by atoms with Crippen molar-refractivity contribution < 1.29 is 23.9 Å². The van der Waals surface area contributed by atoms with Crippen LogP contribution in [0.4, 0.5) is 0 Å². The normalized spacial score (nSPS) is 10.5. The van der Waals surface area contributed by atoms with Crippen LogP contribution in [0.2, 0.25) is 5.02 Å². The first kappa shape index (κ1) is 23.5. The molecule has 0 fully saturated rings. The van der Waals surface area contributed by atoms with Crippen LogP contribution in [0.1, 0.15) is 26.3 Å². The highest BCUT2D eigenvalue weighted by atomic mass is 35.5. The summed E-state index contributed by atoms with van der Waals surface area (Å²) in [5, 5.41) is 6.65. The lowest BCUT2D eigenvalue weighted by atomic mass is 10.2. The Morgan fingerprint density at radius 3 is 2.42 bits per heavy atom. The van der Waals surface area contributed by atoms with Gasteiger partial charge in [-0.15, -0.1) is 0 Å². The topological polar surface area (TPSA) is 106 Å². The Morgan fingerprint density at radius 1 is 0.970 bits per heavy atom. The Labute approximate surface area is 195 Å². The van der Waals surface area contributed by atoms with E-state index in [2.05, 4.69) is 15.8 Å². The lowest BCUT2D eigenvalue weighted by molar-refractivity contribution is -0.120. The van der Waals surface area contributed by atoms with Crippen molar-refractivity contribution in [1.82, 2.24) is 10.7 Å². The predicted molar refractivity (Wildman–Crippen MR) is 124 cm³/mol. The van der Waals surface area contributed by atoms with Gasteiger partial charge in [-0.1, -0.05) is 41.9 Å². The molecule has 168 valence electrons.